The second kappa shape index (κ2) is 4.71. The van der Waals surface area contributed by atoms with E-state index in [0.29, 0.717) is 18.9 Å². The Labute approximate surface area is 82.5 Å². The number of hydrogen-bond donors (Lipinski definition) is 2. The van der Waals surface area contributed by atoms with Crippen LogP contribution in [0.2, 0.25) is 0 Å². The highest BCUT2D eigenvalue weighted by Crippen LogP contribution is 2.01. The first kappa shape index (κ1) is 10.6. The maximum Gasteiger partial charge on any atom is 0.226 e. The topological polar surface area (TPSA) is 87.9 Å². The maximum absolute atomic E-state index is 11.6. The fourth-order valence-corrected chi connectivity index (χ4v) is 1.09. The lowest BCUT2D eigenvalue weighted by atomic mass is 10.1. The lowest BCUT2D eigenvalue weighted by Crippen LogP contribution is -2.34. The van der Waals surface area contributed by atoms with Gasteiger partial charge in [-0.2, -0.15) is 5.10 Å². The van der Waals surface area contributed by atoms with Crippen molar-refractivity contribution in [2.24, 2.45) is 11.7 Å². The van der Waals surface area contributed by atoms with E-state index in [4.69, 9.17) is 5.73 Å². The third-order valence-electron chi connectivity index (χ3n) is 2.00. The Bertz CT molecular complexity index is 284. The molecule has 1 atom stereocenters. The van der Waals surface area contributed by atoms with Crippen molar-refractivity contribution in [1.82, 2.24) is 20.1 Å². The molecule has 0 bridgehead atoms. The van der Waals surface area contributed by atoms with Crippen LogP contribution < -0.4 is 5.73 Å². The lowest BCUT2D eigenvalue weighted by Gasteiger charge is -2.18. The number of nitrogens with one attached hydrogen (secondary N) is 1. The van der Waals surface area contributed by atoms with E-state index in [0.717, 1.165) is 0 Å². The molecule has 3 N–H and O–H groups in total. The van der Waals surface area contributed by atoms with Gasteiger partial charge >= 0.3 is 0 Å². The molecule has 1 aromatic rings. The molecule has 0 fully saturated rings. The monoisotopic (exact) mass is 197 g/mol. The largest absolute Gasteiger partial charge is 0.338 e. The standard InChI is InChI=1S/C8H15N5O/c1-6(3-9)8(14)13(2)4-7-10-5-11-12-7/h5-6H,3-4,9H2,1-2H3,(H,10,11,12). The first-order valence-corrected chi connectivity index (χ1v) is 4.44. The predicted molar refractivity (Wildman–Crippen MR) is 51.1 cm³/mol. The molecule has 78 valence electrons. The second-order valence-corrected chi connectivity index (χ2v) is 3.26. The molecule has 0 aliphatic rings. The van der Waals surface area contributed by atoms with Gasteiger partial charge in [0, 0.05) is 19.5 Å². The van der Waals surface area contributed by atoms with E-state index in [9.17, 15) is 4.79 Å². The number of amides is 1. The number of carbonyl (C=O) groups is 1. The molecule has 0 radical (unpaired) electrons. The lowest BCUT2D eigenvalue weighted by molar-refractivity contribution is -0.133. The number of carbonyl (C=O) groups excluding carboxylic acids is 1. The average molecular weight is 197 g/mol. The van der Waals surface area contributed by atoms with Crippen LogP contribution in [-0.4, -0.2) is 39.6 Å². The molecule has 0 spiro atoms. The van der Waals surface area contributed by atoms with Gasteiger partial charge < -0.3 is 10.6 Å². The summed E-state index contributed by atoms with van der Waals surface area (Å²) in [4.78, 5) is 17.1. The molecule has 0 saturated heterocycles. The zero-order valence-electron chi connectivity index (χ0n) is 8.40. The number of hydrogen-bond acceptors (Lipinski definition) is 4. The van der Waals surface area contributed by atoms with Gasteiger partial charge in [0.25, 0.3) is 0 Å². The van der Waals surface area contributed by atoms with Gasteiger partial charge in [0.2, 0.25) is 5.91 Å². The van der Waals surface area contributed by atoms with Gasteiger partial charge in [-0.1, -0.05) is 6.92 Å². The van der Waals surface area contributed by atoms with E-state index >= 15 is 0 Å². The zero-order valence-corrected chi connectivity index (χ0v) is 8.40. The minimum absolute atomic E-state index is 0.0175. The van der Waals surface area contributed by atoms with E-state index in [1.807, 2.05) is 0 Å². The number of nitrogens with zero attached hydrogens (tertiary/aromatic N) is 3. The normalized spacial score (nSPS) is 12.5. The van der Waals surface area contributed by atoms with Gasteiger partial charge in [-0.25, -0.2) is 4.98 Å². The van der Waals surface area contributed by atoms with Crippen LogP contribution in [-0.2, 0) is 11.3 Å². The van der Waals surface area contributed by atoms with E-state index < -0.39 is 0 Å². The second-order valence-electron chi connectivity index (χ2n) is 3.26. The molecular formula is C8H15N5O. The maximum atomic E-state index is 11.6. The van der Waals surface area contributed by atoms with Crippen molar-refractivity contribution >= 4 is 5.91 Å². The molecule has 1 amide bonds. The first-order chi connectivity index (χ1) is 6.65. The van der Waals surface area contributed by atoms with Crippen molar-refractivity contribution in [2.45, 2.75) is 13.5 Å². The van der Waals surface area contributed by atoms with Gasteiger partial charge in [-0.3, -0.25) is 9.89 Å². The molecular weight excluding hydrogens is 182 g/mol. The van der Waals surface area contributed by atoms with Crippen molar-refractivity contribution in [3.05, 3.63) is 12.2 Å². The third-order valence-corrected chi connectivity index (χ3v) is 2.00. The predicted octanol–water partition coefficient (Wildman–Crippen LogP) is -0.642. The molecule has 14 heavy (non-hydrogen) atoms. The quantitative estimate of drug-likeness (QED) is 0.672. The SMILES string of the molecule is CC(CN)C(=O)N(C)Cc1ncn[nH]1. The van der Waals surface area contributed by atoms with Gasteiger partial charge in [-0.15, -0.1) is 0 Å². The summed E-state index contributed by atoms with van der Waals surface area (Å²) in [5, 5.41) is 6.39. The van der Waals surface area contributed by atoms with Crippen LogP contribution in [0.5, 0.6) is 0 Å². The van der Waals surface area contributed by atoms with Crippen molar-refractivity contribution in [1.29, 1.82) is 0 Å². The Morgan fingerprint density at radius 1 is 1.79 bits per heavy atom. The Hall–Kier alpha value is -1.43. The summed E-state index contributed by atoms with van der Waals surface area (Å²) in [5.74, 6) is 0.539. The van der Waals surface area contributed by atoms with E-state index in [-0.39, 0.29) is 11.8 Å². The van der Waals surface area contributed by atoms with Crippen molar-refractivity contribution in [2.75, 3.05) is 13.6 Å². The molecule has 0 aliphatic carbocycles. The van der Waals surface area contributed by atoms with Gasteiger partial charge in [-0.05, 0) is 0 Å². The van der Waals surface area contributed by atoms with Crippen LogP contribution in [0.3, 0.4) is 0 Å². The highest BCUT2D eigenvalue weighted by atomic mass is 16.2. The van der Waals surface area contributed by atoms with Crippen LogP contribution in [0, 0.1) is 5.92 Å². The zero-order chi connectivity index (χ0) is 10.6. The van der Waals surface area contributed by atoms with Gasteiger partial charge in [0.15, 0.2) is 0 Å². The molecule has 1 rings (SSSR count). The van der Waals surface area contributed by atoms with Crippen LogP contribution >= 0.6 is 0 Å². The molecule has 1 aromatic heterocycles. The van der Waals surface area contributed by atoms with Gasteiger partial charge in [0.05, 0.1) is 6.54 Å². The summed E-state index contributed by atoms with van der Waals surface area (Å²) < 4.78 is 0. The average Bonchev–Trinajstić information content (AvgIpc) is 2.68. The highest BCUT2D eigenvalue weighted by molar-refractivity contribution is 5.78. The van der Waals surface area contributed by atoms with Crippen molar-refractivity contribution < 1.29 is 4.79 Å². The Kier molecular flexibility index (Phi) is 3.58. The number of nitrogens with two attached hydrogens (primary N) is 1. The molecule has 0 saturated carbocycles. The van der Waals surface area contributed by atoms with E-state index in [2.05, 4.69) is 15.2 Å². The van der Waals surface area contributed by atoms with Crippen molar-refractivity contribution in [3.8, 4) is 0 Å². The van der Waals surface area contributed by atoms with Gasteiger partial charge in [0.1, 0.15) is 12.2 Å². The Morgan fingerprint density at radius 3 is 3.00 bits per heavy atom. The number of rotatable bonds is 4. The summed E-state index contributed by atoms with van der Waals surface area (Å²) in [6, 6.07) is 0. The number of aromatic nitrogens is 3. The molecule has 6 heteroatoms. The number of aromatic amines is 1. The van der Waals surface area contributed by atoms with Crippen LogP contribution in [0.1, 0.15) is 12.7 Å². The minimum Gasteiger partial charge on any atom is -0.338 e. The fraction of sp³-hybridized carbons (Fsp3) is 0.625. The summed E-state index contributed by atoms with van der Waals surface area (Å²) >= 11 is 0. The molecule has 6 nitrogen and oxygen atoms in total. The summed E-state index contributed by atoms with van der Waals surface area (Å²) in [6.07, 6.45) is 1.42. The third kappa shape index (κ3) is 2.53. The Balaban J connectivity index is 2.50. The molecule has 1 unspecified atom stereocenters. The minimum atomic E-state index is -0.150. The molecule has 1 heterocycles. The first-order valence-electron chi connectivity index (χ1n) is 4.44. The molecule has 0 aromatic carbocycles. The van der Waals surface area contributed by atoms with Crippen LogP contribution in [0.15, 0.2) is 6.33 Å². The highest BCUT2D eigenvalue weighted by Gasteiger charge is 2.16. The number of H-pyrrole nitrogens is 1. The molecule has 0 aliphatic heterocycles. The van der Waals surface area contributed by atoms with Crippen LogP contribution in [0.4, 0.5) is 0 Å². The van der Waals surface area contributed by atoms with E-state index in [1.54, 1.807) is 18.9 Å². The Morgan fingerprint density at radius 2 is 2.50 bits per heavy atom. The van der Waals surface area contributed by atoms with Crippen LogP contribution in [0.25, 0.3) is 0 Å². The smallest absolute Gasteiger partial charge is 0.226 e. The summed E-state index contributed by atoms with van der Waals surface area (Å²) in [5.41, 5.74) is 5.40. The van der Waals surface area contributed by atoms with Crippen molar-refractivity contribution in [3.63, 3.8) is 0 Å². The van der Waals surface area contributed by atoms with E-state index in [1.165, 1.54) is 6.33 Å². The summed E-state index contributed by atoms with van der Waals surface area (Å²) in [6.45, 7) is 2.60. The fourth-order valence-electron chi connectivity index (χ4n) is 1.09. The summed E-state index contributed by atoms with van der Waals surface area (Å²) in [7, 11) is 1.72.